The van der Waals surface area contributed by atoms with Crippen LogP contribution in [-0.2, 0) is 19.9 Å². The highest BCUT2D eigenvalue weighted by atomic mass is 16.2. The van der Waals surface area contributed by atoms with Gasteiger partial charge in [0.2, 0.25) is 0 Å². The van der Waals surface area contributed by atoms with Gasteiger partial charge >= 0.3 is 0 Å². The molecule has 2 aromatic heterocycles. The molecule has 0 aliphatic rings. The molecule has 2 aromatic carbocycles. The van der Waals surface area contributed by atoms with Crippen LogP contribution in [0.4, 0.5) is 5.69 Å². The van der Waals surface area contributed by atoms with Crippen LogP contribution in [0.15, 0.2) is 60.8 Å². The number of para-hydroxylation sites is 2. The number of rotatable bonds is 5. The lowest BCUT2D eigenvalue weighted by Gasteiger charge is -2.06. The van der Waals surface area contributed by atoms with Gasteiger partial charge < -0.3 is 10.3 Å². The van der Waals surface area contributed by atoms with Crippen LogP contribution < -0.4 is 5.32 Å². The number of aryl methyl sites for hydroxylation is 3. The van der Waals surface area contributed by atoms with Crippen LogP contribution in [0.3, 0.4) is 0 Å². The van der Waals surface area contributed by atoms with Crippen molar-refractivity contribution in [3.8, 4) is 0 Å². The van der Waals surface area contributed by atoms with Crippen LogP contribution in [0.1, 0.15) is 21.9 Å². The number of H-pyrrole nitrogens is 1. The summed E-state index contributed by atoms with van der Waals surface area (Å²) < 4.78 is 1.55. The lowest BCUT2D eigenvalue weighted by atomic mass is 10.1. The molecule has 0 aliphatic heterocycles. The van der Waals surface area contributed by atoms with Gasteiger partial charge in [-0.05, 0) is 42.3 Å². The van der Waals surface area contributed by atoms with Crippen molar-refractivity contribution >= 4 is 22.6 Å². The molecular formula is C20H19N5O. The molecule has 4 rings (SSSR count). The highest BCUT2D eigenvalue weighted by Gasteiger charge is 2.10. The Kier molecular flexibility index (Phi) is 4.23. The Labute approximate surface area is 150 Å². The highest BCUT2D eigenvalue weighted by molar-refractivity contribution is 6.02. The van der Waals surface area contributed by atoms with E-state index in [0.717, 1.165) is 35.4 Å². The Morgan fingerprint density at radius 3 is 2.62 bits per heavy atom. The van der Waals surface area contributed by atoms with Crippen molar-refractivity contribution in [1.29, 1.82) is 0 Å². The smallest absolute Gasteiger partial charge is 0.273 e. The molecule has 0 unspecified atom stereocenters. The molecule has 0 radical (unpaired) electrons. The first-order valence-electron chi connectivity index (χ1n) is 8.51. The second kappa shape index (κ2) is 6.84. The van der Waals surface area contributed by atoms with Crippen molar-refractivity contribution in [2.45, 2.75) is 12.8 Å². The van der Waals surface area contributed by atoms with E-state index in [-0.39, 0.29) is 5.91 Å². The number of carbonyl (C=O) groups is 1. The van der Waals surface area contributed by atoms with Gasteiger partial charge in [-0.15, -0.1) is 0 Å². The molecule has 0 spiro atoms. The SMILES string of the molecule is Cn1nccc1C(=O)Nc1ccc(CCc2nc3ccccc3[nH]2)cc1. The number of carbonyl (C=O) groups excluding carboxylic acids is 1. The van der Waals surface area contributed by atoms with Crippen molar-refractivity contribution in [3.05, 3.63) is 77.9 Å². The van der Waals surface area contributed by atoms with Gasteiger partial charge in [0.15, 0.2) is 0 Å². The molecule has 0 saturated heterocycles. The summed E-state index contributed by atoms with van der Waals surface area (Å²) in [6.07, 6.45) is 3.33. The first kappa shape index (κ1) is 16.1. The Bertz CT molecular complexity index is 1010. The maximum atomic E-state index is 12.2. The Hall–Kier alpha value is -3.41. The van der Waals surface area contributed by atoms with E-state index in [1.807, 2.05) is 48.5 Å². The van der Waals surface area contributed by atoms with E-state index < -0.39 is 0 Å². The van der Waals surface area contributed by atoms with E-state index in [1.165, 1.54) is 5.56 Å². The number of imidazole rings is 1. The minimum Gasteiger partial charge on any atom is -0.342 e. The fourth-order valence-corrected chi connectivity index (χ4v) is 2.93. The zero-order valence-electron chi connectivity index (χ0n) is 14.4. The van der Waals surface area contributed by atoms with E-state index in [0.29, 0.717) is 5.69 Å². The molecule has 130 valence electrons. The van der Waals surface area contributed by atoms with Gasteiger partial charge in [0.1, 0.15) is 11.5 Å². The molecule has 0 bridgehead atoms. The average Bonchev–Trinajstić information content (AvgIpc) is 3.26. The van der Waals surface area contributed by atoms with Gasteiger partial charge in [0.05, 0.1) is 11.0 Å². The fourth-order valence-electron chi connectivity index (χ4n) is 2.93. The van der Waals surface area contributed by atoms with E-state index in [4.69, 9.17) is 0 Å². The van der Waals surface area contributed by atoms with Crippen molar-refractivity contribution in [3.63, 3.8) is 0 Å². The van der Waals surface area contributed by atoms with E-state index in [1.54, 1.807) is 24.0 Å². The Balaban J connectivity index is 1.38. The van der Waals surface area contributed by atoms with Crippen molar-refractivity contribution in [2.75, 3.05) is 5.32 Å². The summed E-state index contributed by atoms with van der Waals surface area (Å²) in [5, 5.41) is 6.89. The lowest BCUT2D eigenvalue weighted by molar-refractivity contribution is 0.101. The van der Waals surface area contributed by atoms with Crippen LogP contribution in [-0.4, -0.2) is 25.7 Å². The van der Waals surface area contributed by atoms with E-state index in [2.05, 4.69) is 20.4 Å². The number of aromatic amines is 1. The number of fused-ring (bicyclic) bond motifs is 1. The summed E-state index contributed by atoms with van der Waals surface area (Å²) in [6, 6.07) is 17.6. The summed E-state index contributed by atoms with van der Waals surface area (Å²) in [5.41, 5.74) is 4.55. The number of hydrogen-bond acceptors (Lipinski definition) is 3. The Morgan fingerprint density at radius 2 is 1.88 bits per heavy atom. The molecule has 2 N–H and O–H groups in total. The zero-order chi connectivity index (χ0) is 17.9. The minimum atomic E-state index is -0.167. The normalized spacial score (nSPS) is 11.0. The predicted octanol–water partition coefficient (Wildman–Crippen LogP) is 3.33. The topological polar surface area (TPSA) is 75.6 Å². The monoisotopic (exact) mass is 345 g/mol. The summed E-state index contributed by atoms with van der Waals surface area (Å²) in [7, 11) is 1.75. The third-order valence-electron chi connectivity index (χ3n) is 4.35. The number of hydrogen-bond donors (Lipinski definition) is 2. The molecule has 4 aromatic rings. The van der Waals surface area contributed by atoms with Crippen LogP contribution in [0.25, 0.3) is 11.0 Å². The van der Waals surface area contributed by atoms with Gasteiger partial charge in [-0.2, -0.15) is 5.10 Å². The van der Waals surface area contributed by atoms with Crippen LogP contribution in [0.2, 0.25) is 0 Å². The Morgan fingerprint density at radius 1 is 1.08 bits per heavy atom. The van der Waals surface area contributed by atoms with Gasteiger partial charge in [-0.1, -0.05) is 24.3 Å². The number of aromatic nitrogens is 4. The zero-order valence-corrected chi connectivity index (χ0v) is 14.4. The van der Waals surface area contributed by atoms with Gasteiger partial charge in [0.25, 0.3) is 5.91 Å². The highest BCUT2D eigenvalue weighted by Crippen LogP contribution is 2.15. The predicted molar refractivity (Wildman–Crippen MR) is 101 cm³/mol. The van der Waals surface area contributed by atoms with Crippen molar-refractivity contribution in [1.82, 2.24) is 19.7 Å². The number of nitrogens with zero attached hydrogens (tertiary/aromatic N) is 3. The molecule has 0 saturated carbocycles. The first-order chi connectivity index (χ1) is 12.7. The summed E-state index contributed by atoms with van der Waals surface area (Å²) >= 11 is 0. The van der Waals surface area contributed by atoms with Crippen molar-refractivity contribution < 1.29 is 4.79 Å². The molecule has 0 aliphatic carbocycles. The fraction of sp³-hybridized carbons (Fsp3) is 0.150. The number of amides is 1. The molecular weight excluding hydrogens is 326 g/mol. The average molecular weight is 345 g/mol. The summed E-state index contributed by atoms with van der Waals surface area (Å²) in [4.78, 5) is 20.1. The molecule has 0 fully saturated rings. The number of benzene rings is 2. The maximum absolute atomic E-state index is 12.2. The second-order valence-electron chi connectivity index (χ2n) is 6.19. The number of nitrogens with one attached hydrogen (secondary N) is 2. The quantitative estimate of drug-likeness (QED) is 0.582. The van der Waals surface area contributed by atoms with Gasteiger partial charge in [-0.3, -0.25) is 9.48 Å². The molecule has 0 atom stereocenters. The molecule has 6 heteroatoms. The lowest BCUT2D eigenvalue weighted by Crippen LogP contribution is -2.16. The largest absolute Gasteiger partial charge is 0.342 e. The second-order valence-corrected chi connectivity index (χ2v) is 6.19. The molecule has 26 heavy (non-hydrogen) atoms. The minimum absolute atomic E-state index is 0.167. The molecule has 2 heterocycles. The maximum Gasteiger partial charge on any atom is 0.273 e. The van der Waals surface area contributed by atoms with Gasteiger partial charge in [-0.25, -0.2) is 4.98 Å². The van der Waals surface area contributed by atoms with Crippen LogP contribution >= 0.6 is 0 Å². The van der Waals surface area contributed by atoms with Crippen LogP contribution in [0, 0.1) is 0 Å². The number of anilines is 1. The molecule has 1 amide bonds. The van der Waals surface area contributed by atoms with E-state index in [9.17, 15) is 4.79 Å². The van der Waals surface area contributed by atoms with Crippen LogP contribution in [0.5, 0.6) is 0 Å². The summed E-state index contributed by atoms with van der Waals surface area (Å²) in [6.45, 7) is 0. The van der Waals surface area contributed by atoms with Gasteiger partial charge in [0, 0.05) is 25.4 Å². The van der Waals surface area contributed by atoms with Crippen molar-refractivity contribution in [2.24, 2.45) is 7.05 Å². The third kappa shape index (κ3) is 3.35. The standard InChI is InChI=1S/C20H19N5O/c1-25-18(12-13-21-25)20(26)22-15-9-6-14(7-10-15)8-11-19-23-16-4-2-3-5-17(16)24-19/h2-7,9-10,12-13H,8,11H2,1H3,(H,22,26)(H,23,24). The van der Waals surface area contributed by atoms with E-state index >= 15 is 0 Å². The first-order valence-corrected chi connectivity index (χ1v) is 8.51. The molecule has 6 nitrogen and oxygen atoms in total. The summed E-state index contributed by atoms with van der Waals surface area (Å²) in [5.74, 6) is 0.819. The third-order valence-corrected chi connectivity index (χ3v) is 4.35.